The van der Waals surface area contributed by atoms with Crippen molar-refractivity contribution in [3.05, 3.63) is 41.7 Å². The van der Waals surface area contributed by atoms with Crippen molar-refractivity contribution in [2.24, 2.45) is 5.92 Å². The number of carbonyl (C=O) groups is 1. The van der Waals surface area contributed by atoms with Crippen LogP contribution in [0.1, 0.15) is 41.7 Å². The van der Waals surface area contributed by atoms with Gasteiger partial charge in [-0.3, -0.25) is 4.79 Å². The smallest absolute Gasteiger partial charge is 0.276 e. The molecule has 1 saturated carbocycles. The zero-order chi connectivity index (χ0) is 17.2. The van der Waals surface area contributed by atoms with E-state index < -0.39 is 0 Å². The summed E-state index contributed by atoms with van der Waals surface area (Å²) in [6, 6.07) is 8.56. The molecule has 1 aromatic carbocycles. The molecule has 0 spiro atoms. The van der Waals surface area contributed by atoms with Crippen LogP contribution in [-0.2, 0) is 0 Å². The second-order valence-electron chi connectivity index (χ2n) is 7.30. The molecule has 1 aromatic heterocycles. The van der Waals surface area contributed by atoms with Crippen LogP contribution in [0.15, 0.2) is 30.5 Å². The van der Waals surface area contributed by atoms with Gasteiger partial charge >= 0.3 is 0 Å². The van der Waals surface area contributed by atoms with Gasteiger partial charge in [0.2, 0.25) is 0 Å². The molecule has 0 unspecified atom stereocenters. The molecule has 140 valence electrons. The van der Waals surface area contributed by atoms with Gasteiger partial charge in [0.15, 0.2) is 5.69 Å². The molecule has 4 rings (SSSR count). The van der Waals surface area contributed by atoms with Crippen LogP contribution in [0.3, 0.4) is 0 Å². The van der Waals surface area contributed by atoms with Gasteiger partial charge in [0, 0.05) is 19.1 Å². The molecular formula is C19H26ClN5O. The number of likely N-dealkylation sites (tertiary alicyclic amines) is 1. The lowest BCUT2D eigenvalue weighted by molar-refractivity contribution is 0.0699. The fourth-order valence-electron chi connectivity index (χ4n) is 3.29. The number of amides is 1. The first-order valence-corrected chi connectivity index (χ1v) is 9.21. The largest absolute Gasteiger partial charge is 0.337 e. The van der Waals surface area contributed by atoms with Crippen molar-refractivity contribution in [3.63, 3.8) is 0 Å². The van der Waals surface area contributed by atoms with Crippen LogP contribution in [0, 0.1) is 12.8 Å². The first kappa shape index (κ1) is 18.9. The standard InChI is InChI=1S/C19H25N5O.ClH/c1-14-2-6-17(7-3-14)24-13-18(21-22-24)19(25)23-10-8-16(9-11-23)20-12-15-4-5-15;/h2-3,6-7,13,15-16,20H,4-5,8-12H2,1H3;1H. The molecule has 1 N–H and O–H groups in total. The molecule has 0 radical (unpaired) electrons. The molecule has 2 aliphatic rings. The zero-order valence-corrected chi connectivity index (χ0v) is 15.9. The minimum absolute atomic E-state index is 0. The maximum absolute atomic E-state index is 12.7. The van der Waals surface area contributed by atoms with Gasteiger partial charge in [-0.05, 0) is 57.2 Å². The van der Waals surface area contributed by atoms with E-state index in [2.05, 4.69) is 15.6 Å². The summed E-state index contributed by atoms with van der Waals surface area (Å²) < 4.78 is 1.66. The van der Waals surface area contributed by atoms with E-state index in [1.807, 2.05) is 36.1 Å². The average molecular weight is 376 g/mol. The molecule has 1 saturated heterocycles. The van der Waals surface area contributed by atoms with Crippen LogP contribution in [-0.4, -0.2) is 51.5 Å². The Morgan fingerprint density at radius 1 is 1.15 bits per heavy atom. The average Bonchev–Trinajstić information content (AvgIpc) is 3.35. The normalized spacial score (nSPS) is 17.8. The summed E-state index contributed by atoms with van der Waals surface area (Å²) in [5, 5.41) is 11.8. The number of piperidine rings is 1. The van der Waals surface area contributed by atoms with Gasteiger partial charge in [0.05, 0.1) is 11.9 Å². The van der Waals surface area contributed by atoms with Crippen molar-refractivity contribution in [3.8, 4) is 5.69 Å². The lowest BCUT2D eigenvalue weighted by Gasteiger charge is -2.32. The molecule has 0 bridgehead atoms. The minimum Gasteiger partial charge on any atom is -0.337 e. The number of aromatic nitrogens is 3. The highest BCUT2D eigenvalue weighted by molar-refractivity contribution is 5.92. The molecular weight excluding hydrogens is 350 g/mol. The molecule has 2 heterocycles. The summed E-state index contributed by atoms with van der Waals surface area (Å²) in [6.45, 7) is 4.77. The Labute approximate surface area is 160 Å². The van der Waals surface area contributed by atoms with Crippen LogP contribution in [0.25, 0.3) is 5.69 Å². The van der Waals surface area contributed by atoms with Crippen LogP contribution in [0.4, 0.5) is 0 Å². The second kappa shape index (κ2) is 8.18. The minimum atomic E-state index is -0.0148. The first-order valence-electron chi connectivity index (χ1n) is 9.21. The summed E-state index contributed by atoms with van der Waals surface area (Å²) in [5.41, 5.74) is 2.53. The predicted molar refractivity (Wildman–Crippen MR) is 103 cm³/mol. The Morgan fingerprint density at radius 3 is 2.50 bits per heavy atom. The number of nitrogens with zero attached hydrogens (tertiary/aromatic N) is 4. The van der Waals surface area contributed by atoms with Crippen LogP contribution < -0.4 is 5.32 Å². The van der Waals surface area contributed by atoms with Crippen LogP contribution in [0.5, 0.6) is 0 Å². The Morgan fingerprint density at radius 2 is 1.85 bits per heavy atom. The SMILES string of the molecule is Cc1ccc(-n2cc(C(=O)N3CCC(NCC4CC4)CC3)nn2)cc1.Cl. The first-order chi connectivity index (χ1) is 12.2. The third-order valence-electron chi connectivity index (χ3n) is 5.19. The van der Waals surface area contributed by atoms with Crippen molar-refractivity contribution < 1.29 is 4.79 Å². The van der Waals surface area contributed by atoms with Crippen molar-refractivity contribution in [1.82, 2.24) is 25.2 Å². The Hall–Kier alpha value is -1.92. The number of aryl methyl sites for hydroxylation is 1. The van der Waals surface area contributed by atoms with E-state index in [0.29, 0.717) is 11.7 Å². The van der Waals surface area contributed by atoms with E-state index in [1.54, 1.807) is 10.9 Å². The van der Waals surface area contributed by atoms with Crippen LogP contribution in [0.2, 0.25) is 0 Å². The molecule has 7 heteroatoms. The topological polar surface area (TPSA) is 63.1 Å². The molecule has 2 fully saturated rings. The Kier molecular flexibility index (Phi) is 5.94. The summed E-state index contributed by atoms with van der Waals surface area (Å²) >= 11 is 0. The number of hydrogen-bond donors (Lipinski definition) is 1. The fraction of sp³-hybridized carbons (Fsp3) is 0.526. The fourth-order valence-corrected chi connectivity index (χ4v) is 3.29. The van der Waals surface area contributed by atoms with Gasteiger partial charge < -0.3 is 10.2 Å². The highest BCUT2D eigenvalue weighted by atomic mass is 35.5. The van der Waals surface area contributed by atoms with E-state index >= 15 is 0 Å². The highest BCUT2D eigenvalue weighted by Gasteiger charge is 2.27. The zero-order valence-electron chi connectivity index (χ0n) is 15.1. The Balaban J connectivity index is 0.00000196. The summed E-state index contributed by atoms with van der Waals surface area (Å²) in [7, 11) is 0. The molecule has 2 aromatic rings. The van der Waals surface area contributed by atoms with Gasteiger partial charge in [-0.1, -0.05) is 22.9 Å². The van der Waals surface area contributed by atoms with E-state index in [4.69, 9.17) is 0 Å². The molecule has 0 atom stereocenters. The maximum atomic E-state index is 12.7. The third-order valence-corrected chi connectivity index (χ3v) is 5.19. The summed E-state index contributed by atoms with van der Waals surface area (Å²) in [4.78, 5) is 14.6. The van der Waals surface area contributed by atoms with Gasteiger partial charge in [-0.25, -0.2) is 4.68 Å². The van der Waals surface area contributed by atoms with Crippen molar-refractivity contribution in [2.75, 3.05) is 19.6 Å². The number of carbonyl (C=O) groups excluding carboxylic acids is 1. The van der Waals surface area contributed by atoms with Gasteiger partial charge in [-0.15, -0.1) is 17.5 Å². The van der Waals surface area contributed by atoms with Gasteiger partial charge in [0.25, 0.3) is 5.91 Å². The quantitative estimate of drug-likeness (QED) is 0.872. The van der Waals surface area contributed by atoms with Gasteiger partial charge in [0.1, 0.15) is 0 Å². The van der Waals surface area contributed by atoms with Crippen molar-refractivity contribution in [2.45, 2.75) is 38.6 Å². The molecule has 26 heavy (non-hydrogen) atoms. The Bertz CT molecular complexity index is 733. The highest BCUT2D eigenvalue weighted by Crippen LogP contribution is 2.28. The number of benzene rings is 1. The molecule has 1 amide bonds. The molecule has 6 nitrogen and oxygen atoms in total. The van der Waals surface area contributed by atoms with E-state index in [9.17, 15) is 4.79 Å². The summed E-state index contributed by atoms with van der Waals surface area (Å²) in [5.74, 6) is 0.885. The number of nitrogens with one attached hydrogen (secondary N) is 1. The maximum Gasteiger partial charge on any atom is 0.276 e. The van der Waals surface area contributed by atoms with E-state index in [0.717, 1.165) is 44.1 Å². The number of hydrogen-bond acceptors (Lipinski definition) is 4. The summed E-state index contributed by atoms with van der Waals surface area (Å²) in [6.07, 6.45) is 6.52. The van der Waals surface area contributed by atoms with Crippen LogP contribution >= 0.6 is 12.4 Å². The predicted octanol–water partition coefficient (Wildman–Crippen LogP) is 2.60. The lowest BCUT2D eigenvalue weighted by atomic mass is 10.0. The third kappa shape index (κ3) is 4.43. The second-order valence-corrected chi connectivity index (χ2v) is 7.30. The van der Waals surface area contributed by atoms with E-state index in [1.165, 1.54) is 18.4 Å². The van der Waals surface area contributed by atoms with E-state index in [-0.39, 0.29) is 18.3 Å². The van der Waals surface area contributed by atoms with Crippen molar-refractivity contribution in [1.29, 1.82) is 0 Å². The van der Waals surface area contributed by atoms with Crippen molar-refractivity contribution >= 4 is 18.3 Å². The van der Waals surface area contributed by atoms with Gasteiger partial charge in [-0.2, -0.15) is 0 Å². The number of rotatable bonds is 5. The molecule has 1 aliphatic carbocycles. The number of halogens is 1. The lowest BCUT2D eigenvalue weighted by Crippen LogP contribution is -2.45. The molecule has 1 aliphatic heterocycles. The monoisotopic (exact) mass is 375 g/mol.